The van der Waals surface area contributed by atoms with Crippen molar-refractivity contribution in [3.05, 3.63) is 0 Å². The van der Waals surface area contributed by atoms with E-state index in [1.807, 2.05) is 7.05 Å². The Morgan fingerprint density at radius 3 is 2.73 bits per heavy atom. The van der Waals surface area contributed by atoms with E-state index in [-0.39, 0.29) is 0 Å². The number of unbranched alkanes of at least 4 members (excludes halogenated alkanes) is 4. The predicted octanol–water partition coefficient (Wildman–Crippen LogP) is 3.53. The summed E-state index contributed by atoms with van der Waals surface area (Å²) in [5, 5.41) is 3.53. The topological polar surface area (TPSA) is 36.9 Å². The summed E-state index contributed by atoms with van der Waals surface area (Å²) >= 11 is 0. The van der Waals surface area contributed by atoms with E-state index in [1.165, 1.54) is 44.9 Å². The maximum Gasteiger partial charge on any atom is 0.193 e. The molecule has 1 N–H and O–H groups in total. The molecule has 0 radical (unpaired) electrons. The van der Waals surface area contributed by atoms with Crippen LogP contribution in [0.5, 0.6) is 0 Å². The van der Waals surface area contributed by atoms with Crippen LogP contribution in [-0.4, -0.2) is 51.3 Å². The molecule has 0 aromatic rings. The number of rotatable bonds is 10. The van der Waals surface area contributed by atoms with E-state index in [0.717, 1.165) is 32.3 Å². The predicted molar refractivity (Wildman–Crippen MR) is 95.5 cm³/mol. The number of nitrogens with one attached hydrogen (secondary N) is 1. The Morgan fingerprint density at radius 2 is 2.09 bits per heavy atom. The van der Waals surface area contributed by atoms with Gasteiger partial charge in [-0.1, -0.05) is 46.0 Å². The van der Waals surface area contributed by atoms with Crippen molar-refractivity contribution in [2.45, 2.75) is 58.8 Å². The van der Waals surface area contributed by atoms with Gasteiger partial charge in [0.2, 0.25) is 0 Å². The van der Waals surface area contributed by atoms with Gasteiger partial charge in [-0.3, -0.25) is 4.99 Å². The molecule has 2 atom stereocenters. The maximum absolute atomic E-state index is 5.45. The molecule has 0 saturated carbocycles. The third-order valence-corrected chi connectivity index (χ3v) is 4.54. The van der Waals surface area contributed by atoms with E-state index in [1.54, 1.807) is 0 Å². The largest absolute Gasteiger partial charge is 0.381 e. The van der Waals surface area contributed by atoms with Crippen LogP contribution in [0.3, 0.4) is 0 Å². The van der Waals surface area contributed by atoms with Crippen LogP contribution < -0.4 is 5.32 Å². The maximum atomic E-state index is 5.45. The van der Waals surface area contributed by atoms with Gasteiger partial charge in [-0.15, -0.1) is 0 Å². The van der Waals surface area contributed by atoms with Gasteiger partial charge >= 0.3 is 0 Å². The van der Waals surface area contributed by atoms with Gasteiger partial charge < -0.3 is 15.0 Å². The first-order valence-electron chi connectivity index (χ1n) is 9.16. The molecule has 0 aliphatic carbocycles. The van der Waals surface area contributed by atoms with Crippen molar-refractivity contribution < 1.29 is 4.74 Å². The summed E-state index contributed by atoms with van der Waals surface area (Å²) in [5.74, 6) is 2.38. The highest BCUT2D eigenvalue weighted by Gasteiger charge is 2.19. The summed E-state index contributed by atoms with van der Waals surface area (Å²) < 4.78 is 5.45. The Balaban J connectivity index is 2.16. The van der Waals surface area contributed by atoms with Gasteiger partial charge in [0.15, 0.2) is 5.96 Å². The normalized spacial score (nSPS) is 20.2. The molecule has 0 aromatic carbocycles. The first kappa shape index (κ1) is 19.3. The third kappa shape index (κ3) is 8.02. The van der Waals surface area contributed by atoms with E-state index >= 15 is 0 Å². The van der Waals surface area contributed by atoms with Gasteiger partial charge in [-0.05, 0) is 18.8 Å². The van der Waals surface area contributed by atoms with Gasteiger partial charge in [0, 0.05) is 39.7 Å². The van der Waals surface area contributed by atoms with Crippen molar-refractivity contribution in [3.8, 4) is 0 Å². The summed E-state index contributed by atoms with van der Waals surface area (Å²) in [6, 6.07) is 0. The molecular formula is C18H37N3O. The van der Waals surface area contributed by atoms with Crippen molar-refractivity contribution in [2.75, 3.05) is 40.4 Å². The van der Waals surface area contributed by atoms with Crippen LogP contribution >= 0.6 is 0 Å². The zero-order valence-corrected chi connectivity index (χ0v) is 15.2. The van der Waals surface area contributed by atoms with Gasteiger partial charge in [0.25, 0.3) is 0 Å². The number of nitrogens with zero attached hydrogens (tertiary/aromatic N) is 2. The minimum absolute atomic E-state index is 0.652. The van der Waals surface area contributed by atoms with Crippen LogP contribution in [-0.2, 0) is 4.74 Å². The average molecular weight is 312 g/mol. The molecule has 1 rings (SSSR count). The highest BCUT2D eigenvalue weighted by molar-refractivity contribution is 5.79. The second-order valence-electron chi connectivity index (χ2n) is 6.85. The zero-order chi connectivity index (χ0) is 16.2. The van der Waals surface area contributed by atoms with Crippen molar-refractivity contribution >= 4 is 5.96 Å². The molecule has 1 fully saturated rings. The second kappa shape index (κ2) is 11.8. The molecule has 22 heavy (non-hydrogen) atoms. The first-order valence-corrected chi connectivity index (χ1v) is 9.16. The summed E-state index contributed by atoms with van der Waals surface area (Å²) in [4.78, 5) is 6.66. The quantitative estimate of drug-likeness (QED) is 0.381. The Bertz CT molecular complexity index is 301. The number of guanidine groups is 1. The second-order valence-corrected chi connectivity index (χ2v) is 6.85. The summed E-state index contributed by atoms with van der Waals surface area (Å²) in [5.41, 5.74) is 0. The van der Waals surface area contributed by atoms with Gasteiger partial charge in [0.1, 0.15) is 0 Å². The molecule has 2 unspecified atom stereocenters. The molecule has 1 saturated heterocycles. The number of hydrogen-bond acceptors (Lipinski definition) is 2. The smallest absolute Gasteiger partial charge is 0.193 e. The lowest BCUT2D eigenvalue weighted by molar-refractivity contribution is 0.181. The molecule has 4 heteroatoms. The Labute approximate surface area is 137 Å². The molecule has 4 nitrogen and oxygen atoms in total. The minimum atomic E-state index is 0.652. The Morgan fingerprint density at radius 1 is 1.32 bits per heavy atom. The molecule has 0 amide bonds. The monoisotopic (exact) mass is 311 g/mol. The fraction of sp³-hybridized carbons (Fsp3) is 0.944. The number of ether oxygens (including phenoxy) is 1. The van der Waals surface area contributed by atoms with Crippen LogP contribution in [0.15, 0.2) is 4.99 Å². The molecule has 0 bridgehead atoms. The lowest BCUT2D eigenvalue weighted by Gasteiger charge is -2.25. The van der Waals surface area contributed by atoms with E-state index in [9.17, 15) is 0 Å². The van der Waals surface area contributed by atoms with E-state index < -0.39 is 0 Å². The molecule has 0 spiro atoms. The van der Waals surface area contributed by atoms with Crippen molar-refractivity contribution in [1.29, 1.82) is 0 Å². The van der Waals surface area contributed by atoms with Crippen LogP contribution in [0.1, 0.15) is 58.8 Å². The van der Waals surface area contributed by atoms with E-state index in [0.29, 0.717) is 11.8 Å². The molecule has 130 valence electrons. The van der Waals surface area contributed by atoms with Crippen molar-refractivity contribution in [3.63, 3.8) is 0 Å². The van der Waals surface area contributed by atoms with Crippen molar-refractivity contribution in [1.82, 2.24) is 10.2 Å². The van der Waals surface area contributed by atoms with Crippen LogP contribution in [0.25, 0.3) is 0 Å². The molecule has 1 aliphatic heterocycles. The van der Waals surface area contributed by atoms with Crippen LogP contribution in [0.4, 0.5) is 0 Å². The van der Waals surface area contributed by atoms with E-state index in [2.05, 4.69) is 36.1 Å². The molecule has 1 aliphatic rings. The molecule has 1 heterocycles. The number of aliphatic imine (C=N–C) groups is 1. The lowest BCUT2D eigenvalue weighted by Crippen LogP contribution is -2.42. The Hall–Kier alpha value is -0.770. The summed E-state index contributed by atoms with van der Waals surface area (Å²) in [7, 11) is 4.00. The fourth-order valence-corrected chi connectivity index (χ4v) is 3.05. The fourth-order valence-electron chi connectivity index (χ4n) is 3.05. The van der Waals surface area contributed by atoms with E-state index in [4.69, 9.17) is 4.74 Å². The SMILES string of the molecule is CCCCCCCC(C)CNC(=NC)N(C)CC1CCOC1. The highest BCUT2D eigenvalue weighted by Crippen LogP contribution is 2.14. The summed E-state index contributed by atoms with van der Waals surface area (Å²) in [6.07, 6.45) is 9.33. The lowest BCUT2D eigenvalue weighted by atomic mass is 10.0. The summed E-state index contributed by atoms with van der Waals surface area (Å²) in [6.45, 7) is 8.48. The van der Waals surface area contributed by atoms with Gasteiger partial charge in [-0.25, -0.2) is 0 Å². The molecule has 0 aromatic heterocycles. The minimum Gasteiger partial charge on any atom is -0.381 e. The third-order valence-electron chi connectivity index (χ3n) is 4.54. The zero-order valence-electron chi connectivity index (χ0n) is 15.2. The van der Waals surface area contributed by atoms with Crippen molar-refractivity contribution in [2.24, 2.45) is 16.8 Å². The van der Waals surface area contributed by atoms with Crippen LogP contribution in [0, 0.1) is 11.8 Å². The standard InChI is InChI=1S/C18H37N3O/c1-5-6-7-8-9-10-16(2)13-20-18(19-3)21(4)14-17-11-12-22-15-17/h16-17H,5-15H2,1-4H3,(H,19,20). The van der Waals surface area contributed by atoms with Crippen LogP contribution in [0.2, 0.25) is 0 Å². The number of hydrogen-bond donors (Lipinski definition) is 1. The highest BCUT2D eigenvalue weighted by atomic mass is 16.5. The van der Waals surface area contributed by atoms with Gasteiger partial charge in [0.05, 0.1) is 6.61 Å². The Kier molecular flexibility index (Phi) is 10.3. The molecular weight excluding hydrogens is 274 g/mol. The first-order chi connectivity index (χ1) is 10.7. The average Bonchev–Trinajstić information content (AvgIpc) is 3.00. The van der Waals surface area contributed by atoms with Gasteiger partial charge in [-0.2, -0.15) is 0 Å².